The van der Waals surface area contributed by atoms with Crippen LogP contribution in [0, 0.1) is 12.8 Å². The molecule has 19 heavy (non-hydrogen) atoms. The first-order valence-electron chi connectivity index (χ1n) is 6.66. The standard InChI is InChI=1S/C13H21NO3S2/c1-9-5-3-4-6-11(9)14-19(16,17)13-10(2)8-18-12(13)7-15/h8-9,11,14-15H,3-7H2,1-2H3. The molecule has 2 rings (SSSR count). The van der Waals surface area contributed by atoms with E-state index in [1.807, 2.05) is 0 Å². The summed E-state index contributed by atoms with van der Waals surface area (Å²) in [5, 5.41) is 11.1. The fourth-order valence-corrected chi connectivity index (χ4v) is 5.75. The number of hydrogen-bond acceptors (Lipinski definition) is 4. The Bertz CT molecular complexity index is 536. The van der Waals surface area contributed by atoms with Crippen molar-refractivity contribution in [1.82, 2.24) is 4.72 Å². The number of thiophene rings is 1. The van der Waals surface area contributed by atoms with Gasteiger partial charge in [-0.1, -0.05) is 19.8 Å². The molecule has 6 heteroatoms. The van der Waals surface area contributed by atoms with Crippen LogP contribution in [0.3, 0.4) is 0 Å². The van der Waals surface area contributed by atoms with E-state index in [4.69, 9.17) is 0 Å². The first-order chi connectivity index (χ1) is 8.95. The minimum absolute atomic E-state index is 0.0181. The largest absolute Gasteiger partial charge is 0.391 e. The molecule has 0 amide bonds. The third-order valence-electron chi connectivity index (χ3n) is 3.82. The molecule has 1 aliphatic carbocycles. The summed E-state index contributed by atoms with van der Waals surface area (Å²) < 4.78 is 27.8. The van der Waals surface area contributed by atoms with Crippen molar-refractivity contribution in [2.24, 2.45) is 5.92 Å². The van der Waals surface area contributed by atoms with Crippen LogP contribution >= 0.6 is 11.3 Å². The van der Waals surface area contributed by atoms with Gasteiger partial charge in [-0.25, -0.2) is 13.1 Å². The van der Waals surface area contributed by atoms with Crippen LogP contribution in [0.25, 0.3) is 0 Å². The first kappa shape index (κ1) is 15.0. The van der Waals surface area contributed by atoms with Crippen molar-refractivity contribution >= 4 is 21.4 Å². The van der Waals surface area contributed by atoms with Crippen molar-refractivity contribution in [1.29, 1.82) is 0 Å². The zero-order valence-corrected chi connectivity index (χ0v) is 13.0. The van der Waals surface area contributed by atoms with Crippen LogP contribution in [0.2, 0.25) is 0 Å². The van der Waals surface area contributed by atoms with Gasteiger partial charge >= 0.3 is 0 Å². The minimum atomic E-state index is -3.52. The summed E-state index contributed by atoms with van der Waals surface area (Å²) in [7, 11) is -3.52. The molecule has 1 aromatic rings. The molecule has 1 heterocycles. The van der Waals surface area contributed by atoms with Gasteiger partial charge in [0.15, 0.2) is 0 Å². The molecule has 0 bridgehead atoms. The van der Waals surface area contributed by atoms with Gasteiger partial charge in [0, 0.05) is 6.04 Å². The SMILES string of the molecule is Cc1csc(CO)c1S(=O)(=O)NC1CCCCC1C. The van der Waals surface area contributed by atoms with E-state index in [-0.39, 0.29) is 17.5 Å². The third kappa shape index (κ3) is 3.18. The zero-order chi connectivity index (χ0) is 14.0. The maximum Gasteiger partial charge on any atom is 0.242 e. The lowest BCUT2D eigenvalue weighted by atomic mass is 9.87. The molecule has 1 fully saturated rings. The highest BCUT2D eigenvalue weighted by Gasteiger charge is 2.29. The lowest BCUT2D eigenvalue weighted by Gasteiger charge is -2.29. The maximum atomic E-state index is 12.5. The molecule has 0 spiro atoms. The smallest absolute Gasteiger partial charge is 0.242 e. The molecule has 2 atom stereocenters. The Hall–Kier alpha value is -0.430. The van der Waals surface area contributed by atoms with E-state index in [2.05, 4.69) is 11.6 Å². The fraction of sp³-hybridized carbons (Fsp3) is 0.692. The number of aliphatic hydroxyl groups excluding tert-OH is 1. The molecule has 1 aliphatic rings. The summed E-state index contributed by atoms with van der Waals surface area (Å²) in [6, 6.07) is 0.0181. The van der Waals surface area contributed by atoms with Crippen LogP contribution in [0.15, 0.2) is 10.3 Å². The number of aliphatic hydroxyl groups is 1. The van der Waals surface area contributed by atoms with E-state index in [9.17, 15) is 13.5 Å². The van der Waals surface area contributed by atoms with Crippen LogP contribution < -0.4 is 4.72 Å². The summed E-state index contributed by atoms with van der Waals surface area (Å²) in [6.45, 7) is 3.64. The van der Waals surface area contributed by atoms with Crippen molar-refractivity contribution in [2.45, 2.75) is 57.1 Å². The highest BCUT2D eigenvalue weighted by molar-refractivity contribution is 7.89. The lowest BCUT2D eigenvalue weighted by Crippen LogP contribution is -2.41. The number of sulfonamides is 1. The molecule has 2 N–H and O–H groups in total. The monoisotopic (exact) mass is 303 g/mol. The van der Waals surface area contributed by atoms with Crippen molar-refractivity contribution in [3.63, 3.8) is 0 Å². The van der Waals surface area contributed by atoms with Crippen LogP contribution in [-0.2, 0) is 16.6 Å². The minimum Gasteiger partial charge on any atom is -0.391 e. The molecular weight excluding hydrogens is 282 g/mol. The third-order valence-corrected chi connectivity index (χ3v) is 6.76. The van der Waals surface area contributed by atoms with E-state index in [0.29, 0.717) is 16.4 Å². The number of nitrogens with one attached hydrogen (secondary N) is 1. The Kier molecular flexibility index (Phi) is 4.66. The van der Waals surface area contributed by atoms with Crippen molar-refractivity contribution < 1.29 is 13.5 Å². The van der Waals surface area contributed by atoms with E-state index in [1.54, 1.807) is 12.3 Å². The quantitative estimate of drug-likeness (QED) is 0.897. The summed E-state index contributed by atoms with van der Waals surface area (Å²) in [5.41, 5.74) is 0.713. The van der Waals surface area contributed by atoms with E-state index in [0.717, 1.165) is 19.3 Å². The highest BCUT2D eigenvalue weighted by Crippen LogP contribution is 2.29. The van der Waals surface area contributed by atoms with Crippen LogP contribution in [0.4, 0.5) is 0 Å². The van der Waals surface area contributed by atoms with Gasteiger partial charge in [-0.05, 0) is 36.6 Å². The average molecular weight is 303 g/mol. The fourth-order valence-electron chi connectivity index (χ4n) is 2.71. The molecule has 2 unspecified atom stereocenters. The molecule has 108 valence electrons. The Morgan fingerprint density at radius 2 is 2.11 bits per heavy atom. The van der Waals surface area contributed by atoms with Gasteiger partial charge in [0.25, 0.3) is 0 Å². The number of hydrogen-bond donors (Lipinski definition) is 2. The van der Waals surface area contributed by atoms with Gasteiger partial charge in [-0.2, -0.15) is 0 Å². The zero-order valence-electron chi connectivity index (χ0n) is 11.3. The van der Waals surface area contributed by atoms with Gasteiger partial charge in [0.1, 0.15) is 4.90 Å². The maximum absolute atomic E-state index is 12.5. The Morgan fingerprint density at radius 1 is 1.42 bits per heavy atom. The predicted molar refractivity (Wildman–Crippen MR) is 76.7 cm³/mol. The second-order valence-electron chi connectivity index (χ2n) is 5.32. The number of rotatable bonds is 4. The summed E-state index contributed by atoms with van der Waals surface area (Å²) >= 11 is 1.30. The molecule has 0 saturated heterocycles. The Morgan fingerprint density at radius 3 is 2.74 bits per heavy atom. The highest BCUT2D eigenvalue weighted by atomic mass is 32.2. The van der Waals surface area contributed by atoms with Crippen LogP contribution in [-0.4, -0.2) is 19.6 Å². The normalized spacial score (nSPS) is 24.6. The molecule has 1 aromatic heterocycles. The van der Waals surface area contributed by atoms with Crippen LogP contribution in [0.1, 0.15) is 43.0 Å². The molecule has 0 radical (unpaired) electrons. The van der Waals surface area contributed by atoms with E-state index in [1.165, 1.54) is 17.8 Å². The Balaban J connectivity index is 2.24. The molecule has 0 aliphatic heterocycles. The molecule has 1 saturated carbocycles. The average Bonchev–Trinajstić information content (AvgIpc) is 2.74. The van der Waals surface area contributed by atoms with Crippen molar-refractivity contribution in [3.05, 3.63) is 15.8 Å². The topological polar surface area (TPSA) is 66.4 Å². The summed E-state index contributed by atoms with van der Waals surface area (Å²) in [4.78, 5) is 0.797. The summed E-state index contributed by atoms with van der Waals surface area (Å²) in [5.74, 6) is 0.375. The Labute approximate surface area is 118 Å². The first-order valence-corrected chi connectivity index (χ1v) is 9.02. The predicted octanol–water partition coefficient (Wildman–Crippen LogP) is 2.41. The van der Waals surface area contributed by atoms with Crippen molar-refractivity contribution in [3.8, 4) is 0 Å². The van der Waals surface area contributed by atoms with E-state index >= 15 is 0 Å². The second kappa shape index (κ2) is 5.91. The van der Waals surface area contributed by atoms with Crippen LogP contribution in [0.5, 0.6) is 0 Å². The molecular formula is C13H21NO3S2. The van der Waals surface area contributed by atoms with Gasteiger partial charge in [0.2, 0.25) is 10.0 Å². The van der Waals surface area contributed by atoms with Gasteiger partial charge in [0.05, 0.1) is 11.5 Å². The summed E-state index contributed by atoms with van der Waals surface area (Å²) in [6.07, 6.45) is 4.23. The van der Waals surface area contributed by atoms with E-state index < -0.39 is 10.0 Å². The second-order valence-corrected chi connectivity index (χ2v) is 7.93. The number of aryl methyl sites for hydroxylation is 1. The van der Waals surface area contributed by atoms with Crippen molar-refractivity contribution in [2.75, 3.05) is 0 Å². The van der Waals surface area contributed by atoms with Gasteiger partial charge < -0.3 is 5.11 Å². The molecule has 4 nitrogen and oxygen atoms in total. The van der Waals surface area contributed by atoms with Gasteiger partial charge in [-0.3, -0.25) is 0 Å². The van der Waals surface area contributed by atoms with Gasteiger partial charge in [-0.15, -0.1) is 11.3 Å². The lowest BCUT2D eigenvalue weighted by molar-refractivity contribution is 0.282. The molecule has 0 aromatic carbocycles.